The lowest BCUT2D eigenvalue weighted by molar-refractivity contribution is 0.301. The molecule has 0 aliphatic rings. The average molecular weight is 354 g/mol. The molecular formula is C15H20BrN3O2. The zero-order valence-electron chi connectivity index (χ0n) is 12.5. The zero-order valence-corrected chi connectivity index (χ0v) is 14.1. The minimum absolute atomic E-state index is 0.146. The summed E-state index contributed by atoms with van der Waals surface area (Å²) in [7, 11) is 4.02. The zero-order chi connectivity index (χ0) is 15.4. The van der Waals surface area contributed by atoms with E-state index in [0.29, 0.717) is 16.8 Å². The van der Waals surface area contributed by atoms with E-state index in [9.17, 15) is 5.11 Å². The summed E-state index contributed by atoms with van der Waals surface area (Å²) in [5, 5.41) is 9.93. The van der Waals surface area contributed by atoms with Gasteiger partial charge in [-0.3, -0.25) is 4.90 Å². The van der Waals surface area contributed by atoms with Gasteiger partial charge in [-0.1, -0.05) is 0 Å². The van der Waals surface area contributed by atoms with Crippen molar-refractivity contribution in [2.75, 3.05) is 13.7 Å². The van der Waals surface area contributed by atoms with Crippen LogP contribution in [0.2, 0.25) is 0 Å². The van der Waals surface area contributed by atoms with E-state index in [0.717, 1.165) is 24.5 Å². The largest absolute Gasteiger partial charge is 0.503 e. The first-order valence-electron chi connectivity index (χ1n) is 6.80. The molecule has 0 saturated carbocycles. The van der Waals surface area contributed by atoms with Crippen molar-refractivity contribution in [2.45, 2.75) is 20.0 Å². The molecule has 0 spiro atoms. The van der Waals surface area contributed by atoms with Crippen LogP contribution in [0.15, 0.2) is 29.0 Å². The normalized spacial score (nSPS) is 11.1. The summed E-state index contributed by atoms with van der Waals surface area (Å²) in [6, 6.07) is 3.78. The predicted molar refractivity (Wildman–Crippen MR) is 85.4 cm³/mol. The second kappa shape index (κ2) is 6.95. The van der Waals surface area contributed by atoms with Crippen molar-refractivity contribution in [3.63, 3.8) is 0 Å². The number of nitrogens with zero attached hydrogens (tertiary/aromatic N) is 3. The molecule has 0 atom stereocenters. The molecule has 2 rings (SSSR count). The maximum absolute atomic E-state index is 9.93. The van der Waals surface area contributed by atoms with Gasteiger partial charge in [-0.2, -0.15) is 0 Å². The highest BCUT2D eigenvalue weighted by molar-refractivity contribution is 9.10. The van der Waals surface area contributed by atoms with E-state index in [2.05, 4.69) is 25.8 Å². The number of aryl methyl sites for hydroxylation is 1. The van der Waals surface area contributed by atoms with Gasteiger partial charge in [-0.25, -0.2) is 4.98 Å². The van der Waals surface area contributed by atoms with Gasteiger partial charge >= 0.3 is 0 Å². The van der Waals surface area contributed by atoms with Crippen LogP contribution in [0.3, 0.4) is 0 Å². The van der Waals surface area contributed by atoms with Gasteiger partial charge in [-0.05, 0) is 47.6 Å². The van der Waals surface area contributed by atoms with Crippen LogP contribution in [0.4, 0.5) is 0 Å². The summed E-state index contributed by atoms with van der Waals surface area (Å²) in [6.45, 7) is 3.91. The molecule has 0 radical (unpaired) electrons. The number of imidazole rings is 1. The van der Waals surface area contributed by atoms with Gasteiger partial charge in [0.05, 0.1) is 17.6 Å². The predicted octanol–water partition coefficient (Wildman–Crippen LogP) is 2.92. The molecule has 2 aromatic rings. The number of hydrogen-bond acceptors (Lipinski definition) is 4. The van der Waals surface area contributed by atoms with Crippen LogP contribution in [-0.4, -0.2) is 33.2 Å². The first kappa shape index (κ1) is 15.9. The third kappa shape index (κ3) is 3.98. The molecule has 0 aliphatic carbocycles. The van der Waals surface area contributed by atoms with Crippen LogP contribution in [-0.2, 0) is 20.1 Å². The Hall–Kier alpha value is -1.53. The van der Waals surface area contributed by atoms with Crippen LogP contribution in [0.25, 0.3) is 0 Å². The van der Waals surface area contributed by atoms with E-state index < -0.39 is 0 Å². The van der Waals surface area contributed by atoms with Crippen molar-refractivity contribution in [1.29, 1.82) is 0 Å². The number of aromatic nitrogens is 2. The van der Waals surface area contributed by atoms with E-state index >= 15 is 0 Å². The maximum Gasteiger partial charge on any atom is 0.172 e. The number of aromatic hydroxyl groups is 1. The van der Waals surface area contributed by atoms with Gasteiger partial charge in [0.1, 0.15) is 5.82 Å². The quantitative estimate of drug-likeness (QED) is 0.867. The second-order valence-corrected chi connectivity index (χ2v) is 5.84. The Bertz CT molecular complexity index is 613. The fourth-order valence-corrected chi connectivity index (χ4v) is 2.63. The van der Waals surface area contributed by atoms with Gasteiger partial charge < -0.3 is 14.4 Å². The molecule has 0 unspecified atom stereocenters. The van der Waals surface area contributed by atoms with Gasteiger partial charge in [0.15, 0.2) is 11.5 Å². The molecule has 0 fully saturated rings. The summed E-state index contributed by atoms with van der Waals surface area (Å²) in [6.07, 6.45) is 3.74. The molecule has 21 heavy (non-hydrogen) atoms. The van der Waals surface area contributed by atoms with Gasteiger partial charge in [-0.15, -0.1) is 0 Å². The standard InChI is InChI=1S/C15H20BrN3O2/c1-4-21-13-8-11(7-12(16)15(13)20)9-18(2)10-14-17-5-6-19(14)3/h5-8,20H,4,9-10H2,1-3H3. The summed E-state index contributed by atoms with van der Waals surface area (Å²) in [5.41, 5.74) is 1.07. The van der Waals surface area contributed by atoms with E-state index in [4.69, 9.17) is 4.74 Å². The van der Waals surface area contributed by atoms with Crippen LogP contribution < -0.4 is 4.74 Å². The topological polar surface area (TPSA) is 50.5 Å². The van der Waals surface area contributed by atoms with E-state index in [1.54, 1.807) is 6.20 Å². The summed E-state index contributed by atoms with van der Waals surface area (Å²) < 4.78 is 8.11. The molecular weight excluding hydrogens is 334 g/mol. The Labute approximate surface area is 133 Å². The number of phenolic OH excluding ortho intramolecular Hbond substituents is 1. The monoisotopic (exact) mass is 353 g/mol. The maximum atomic E-state index is 9.93. The molecule has 1 heterocycles. The first-order chi connectivity index (χ1) is 10.0. The number of phenols is 1. The smallest absolute Gasteiger partial charge is 0.172 e. The lowest BCUT2D eigenvalue weighted by Gasteiger charge is -2.18. The Morgan fingerprint density at radius 2 is 2.14 bits per heavy atom. The lowest BCUT2D eigenvalue weighted by atomic mass is 10.2. The van der Waals surface area contributed by atoms with Crippen molar-refractivity contribution in [1.82, 2.24) is 14.5 Å². The van der Waals surface area contributed by atoms with Gasteiger partial charge in [0, 0.05) is 26.0 Å². The number of benzene rings is 1. The molecule has 6 heteroatoms. The van der Waals surface area contributed by atoms with E-state index in [-0.39, 0.29) is 5.75 Å². The molecule has 114 valence electrons. The Morgan fingerprint density at radius 1 is 1.38 bits per heavy atom. The number of rotatable bonds is 6. The first-order valence-corrected chi connectivity index (χ1v) is 7.59. The molecule has 1 N–H and O–H groups in total. The Morgan fingerprint density at radius 3 is 2.76 bits per heavy atom. The van der Waals surface area contributed by atoms with Gasteiger partial charge in [0.25, 0.3) is 0 Å². The molecule has 0 bridgehead atoms. The van der Waals surface area contributed by atoms with Crippen molar-refractivity contribution >= 4 is 15.9 Å². The van der Waals surface area contributed by atoms with Crippen LogP contribution in [0.5, 0.6) is 11.5 Å². The Kier molecular flexibility index (Phi) is 5.25. The van der Waals surface area contributed by atoms with Crippen molar-refractivity contribution in [3.8, 4) is 11.5 Å². The molecule has 0 aliphatic heterocycles. The fraction of sp³-hybridized carbons (Fsp3) is 0.400. The highest BCUT2D eigenvalue weighted by Gasteiger charge is 2.11. The Balaban J connectivity index is 2.10. The van der Waals surface area contributed by atoms with Gasteiger partial charge in [0.2, 0.25) is 0 Å². The number of hydrogen-bond donors (Lipinski definition) is 1. The number of halogens is 1. The third-order valence-corrected chi connectivity index (χ3v) is 3.78. The SMILES string of the molecule is CCOc1cc(CN(C)Cc2nccn2C)cc(Br)c1O. The summed E-state index contributed by atoms with van der Waals surface area (Å²) >= 11 is 3.36. The lowest BCUT2D eigenvalue weighted by Crippen LogP contribution is -2.19. The highest BCUT2D eigenvalue weighted by atomic mass is 79.9. The van der Waals surface area contributed by atoms with E-state index in [1.165, 1.54) is 0 Å². The van der Waals surface area contributed by atoms with Crippen LogP contribution in [0.1, 0.15) is 18.3 Å². The summed E-state index contributed by atoms with van der Waals surface area (Å²) in [4.78, 5) is 6.49. The fourth-order valence-electron chi connectivity index (χ4n) is 2.14. The van der Waals surface area contributed by atoms with Crippen molar-refractivity contribution in [2.24, 2.45) is 7.05 Å². The van der Waals surface area contributed by atoms with Crippen molar-refractivity contribution < 1.29 is 9.84 Å². The number of ether oxygens (including phenoxy) is 1. The van der Waals surface area contributed by atoms with E-state index in [1.807, 2.05) is 43.9 Å². The molecule has 0 amide bonds. The van der Waals surface area contributed by atoms with Crippen molar-refractivity contribution in [3.05, 3.63) is 40.4 Å². The second-order valence-electron chi connectivity index (χ2n) is 4.98. The summed E-state index contributed by atoms with van der Waals surface area (Å²) in [5.74, 6) is 1.67. The molecule has 1 aromatic carbocycles. The van der Waals surface area contributed by atoms with Crippen LogP contribution >= 0.6 is 15.9 Å². The average Bonchev–Trinajstić information content (AvgIpc) is 2.81. The highest BCUT2D eigenvalue weighted by Crippen LogP contribution is 2.35. The molecule has 1 aromatic heterocycles. The molecule has 0 saturated heterocycles. The van der Waals surface area contributed by atoms with Crippen LogP contribution in [0, 0.1) is 0 Å². The minimum Gasteiger partial charge on any atom is -0.503 e. The third-order valence-electron chi connectivity index (χ3n) is 3.17. The molecule has 5 nitrogen and oxygen atoms in total. The minimum atomic E-state index is 0.146.